The van der Waals surface area contributed by atoms with Gasteiger partial charge >= 0.3 is 5.97 Å². The Balaban J connectivity index is 2.24. The first-order valence-corrected chi connectivity index (χ1v) is 8.59. The lowest BCUT2D eigenvalue weighted by atomic mass is 10.1. The molecular formula is C13H12ClNO4S2. The molecule has 112 valence electrons. The summed E-state index contributed by atoms with van der Waals surface area (Å²) in [6.07, 6.45) is 0. The van der Waals surface area contributed by atoms with Crippen molar-refractivity contribution in [2.24, 2.45) is 0 Å². The van der Waals surface area contributed by atoms with Crippen LogP contribution in [0.5, 0.6) is 0 Å². The lowest BCUT2D eigenvalue weighted by molar-refractivity contribution is 0.0702. The van der Waals surface area contributed by atoms with E-state index in [0.717, 1.165) is 0 Å². The van der Waals surface area contributed by atoms with E-state index < -0.39 is 22.0 Å². The summed E-state index contributed by atoms with van der Waals surface area (Å²) in [5.41, 5.74) is 0.651. The van der Waals surface area contributed by atoms with Gasteiger partial charge in [-0.3, -0.25) is 0 Å². The van der Waals surface area contributed by atoms with Crippen molar-refractivity contribution in [1.82, 2.24) is 4.72 Å². The summed E-state index contributed by atoms with van der Waals surface area (Å²) >= 11 is 6.74. The van der Waals surface area contributed by atoms with Crippen molar-refractivity contribution in [2.75, 3.05) is 0 Å². The number of hydrogen-bond acceptors (Lipinski definition) is 4. The van der Waals surface area contributed by atoms with Crippen molar-refractivity contribution in [2.45, 2.75) is 17.2 Å². The van der Waals surface area contributed by atoms with Crippen LogP contribution in [0.4, 0.5) is 0 Å². The van der Waals surface area contributed by atoms with E-state index in [9.17, 15) is 13.2 Å². The Morgan fingerprint density at radius 1 is 1.29 bits per heavy atom. The van der Waals surface area contributed by atoms with Gasteiger partial charge in [-0.25, -0.2) is 17.9 Å². The van der Waals surface area contributed by atoms with E-state index in [1.54, 1.807) is 31.2 Å². The van der Waals surface area contributed by atoms with E-state index in [1.165, 1.54) is 12.1 Å². The Morgan fingerprint density at radius 3 is 2.52 bits per heavy atom. The van der Waals surface area contributed by atoms with E-state index in [0.29, 0.717) is 21.9 Å². The highest BCUT2D eigenvalue weighted by molar-refractivity contribution is 7.91. The molecule has 1 aromatic carbocycles. The quantitative estimate of drug-likeness (QED) is 0.872. The second-order valence-corrected chi connectivity index (χ2v) is 7.72. The SMILES string of the molecule is CC(NS(=O)(=O)c1ccc(C(=O)O)s1)c1ccccc1Cl. The topological polar surface area (TPSA) is 83.5 Å². The van der Waals surface area contributed by atoms with Crippen LogP contribution in [0.1, 0.15) is 28.2 Å². The number of aromatic carboxylic acids is 1. The van der Waals surface area contributed by atoms with Crippen LogP contribution >= 0.6 is 22.9 Å². The van der Waals surface area contributed by atoms with Crippen LogP contribution in [-0.2, 0) is 10.0 Å². The maximum atomic E-state index is 12.2. The highest BCUT2D eigenvalue weighted by Gasteiger charge is 2.22. The summed E-state index contributed by atoms with van der Waals surface area (Å²) < 4.78 is 26.9. The third-order valence-electron chi connectivity index (χ3n) is 2.76. The van der Waals surface area contributed by atoms with Gasteiger partial charge in [0.15, 0.2) is 0 Å². The molecule has 2 aromatic rings. The monoisotopic (exact) mass is 345 g/mol. The van der Waals surface area contributed by atoms with Gasteiger partial charge in [0.2, 0.25) is 0 Å². The standard InChI is InChI=1S/C13H12ClNO4S2/c1-8(9-4-2-3-5-10(9)14)15-21(18,19)12-7-6-11(20-12)13(16)17/h2-8,15H,1H3,(H,16,17). The smallest absolute Gasteiger partial charge is 0.345 e. The summed E-state index contributed by atoms with van der Waals surface area (Å²) in [6.45, 7) is 1.67. The Bertz CT molecular complexity index is 770. The average molecular weight is 346 g/mol. The van der Waals surface area contributed by atoms with Crippen molar-refractivity contribution in [1.29, 1.82) is 0 Å². The number of benzene rings is 1. The minimum absolute atomic E-state index is 0.0271. The zero-order valence-electron chi connectivity index (χ0n) is 10.9. The molecule has 5 nitrogen and oxygen atoms in total. The van der Waals surface area contributed by atoms with Gasteiger partial charge in [0.1, 0.15) is 9.09 Å². The molecule has 2 N–H and O–H groups in total. The lowest BCUT2D eigenvalue weighted by Gasteiger charge is -2.15. The predicted molar refractivity (Wildman–Crippen MR) is 81.5 cm³/mol. The highest BCUT2D eigenvalue weighted by atomic mass is 35.5. The molecule has 8 heteroatoms. The number of hydrogen-bond donors (Lipinski definition) is 2. The molecule has 1 atom stereocenters. The molecule has 21 heavy (non-hydrogen) atoms. The summed E-state index contributed by atoms with van der Waals surface area (Å²) in [6, 6.07) is 8.93. The number of carboxylic acids is 1. The molecule has 1 heterocycles. The highest BCUT2D eigenvalue weighted by Crippen LogP contribution is 2.26. The molecule has 1 unspecified atom stereocenters. The Kier molecular flexibility index (Phi) is 4.67. The second-order valence-electron chi connectivity index (χ2n) is 4.29. The summed E-state index contributed by atoms with van der Waals surface area (Å²) in [4.78, 5) is 10.8. The van der Waals surface area contributed by atoms with Gasteiger partial charge in [0.05, 0.1) is 0 Å². The predicted octanol–water partition coefficient (Wildman–Crippen LogP) is 3.14. The summed E-state index contributed by atoms with van der Waals surface area (Å²) in [7, 11) is -3.79. The Morgan fingerprint density at radius 2 is 1.95 bits per heavy atom. The first-order chi connectivity index (χ1) is 9.81. The van der Waals surface area contributed by atoms with Crippen molar-refractivity contribution in [3.8, 4) is 0 Å². The van der Waals surface area contributed by atoms with Gasteiger partial charge in [-0.05, 0) is 30.7 Å². The minimum atomic E-state index is -3.79. The normalized spacial score (nSPS) is 13.0. The number of rotatable bonds is 5. The number of carbonyl (C=O) groups is 1. The minimum Gasteiger partial charge on any atom is -0.477 e. The van der Waals surface area contributed by atoms with Gasteiger partial charge in [0, 0.05) is 11.1 Å². The van der Waals surface area contributed by atoms with Gasteiger partial charge < -0.3 is 5.11 Å². The van der Waals surface area contributed by atoms with Crippen molar-refractivity contribution >= 4 is 38.9 Å². The largest absolute Gasteiger partial charge is 0.477 e. The van der Waals surface area contributed by atoms with Crippen LogP contribution in [0.15, 0.2) is 40.6 Å². The maximum Gasteiger partial charge on any atom is 0.345 e. The summed E-state index contributed by atoms with van der Waals surface area (Å²) in [5, 5.41) is 9.30. The van der Waals surface area contributed by atoms with E-state index in [4.69, 9.17) is 16.7 Å². The first kappa shape index (κ1) is 16.0. The fourth-order valence-electron chi connectivity index (χ4n) is 1.76. The van der Waals surface area contributed by atoms with Crippen LogP contribution in [0.3, 0.4) is 0 Å². The van der Waals surface area contributed by atoms with E-state index >= 15 is 0 Å². The van der Waals surface area contributed by atoms with Crippen LogP contribution in [0.25, 0.3) is 0 Å². The van der Waals surface area contributed by atoms with Crippen LogP contribution in [0.2, 0.25) is 5.02 Å². The third-order valence-corrected chi connectivity index (χ3v) is 6.21. The fraction of sp³-hybridized carbons (Fsp3) is 0.154. The molecule has 0 saturated carbocycles. The second kappa shape index (κ2) is 6.15. The maximum absolute atomic E-state index is 12.2. The number of nitrogens with one attached hydrogen (secondary N) is 1. The van der Waals surface area contributed by atoms with Gasteiger partial charge in [-0.15, -0.1) is 11.3 Å². The van der Waals surface area contributed by atoms with Crippen molar-refractivity contribution < 1.29 is 18.3 Å². The van der Waals surface area contributed by atoms with E-state index in [-0.39, 0.29) is 9.09 Å². The lowest BCUT2D eigenvalue weighted by Crippen LogP contribution is -2.26. The van der Waals surface area contributed by atoms with Crippen molar-refractivity contribution in [3.05, 3.63) is 51.9 Å². The van der Waals surface area contributed by atoms with Gasteiger partial charge in [-0.1, -0.05) is 29.8 Å². The molecule has 0 fully saturated rings. The molecule has 0 aliphatic carbocycles. The van der Waals surface area contributed by atoms with Crippen LogP contribution in [-0.4, -0.2) is 19.5 Å². The first-order valence-electron chi connectivity index (χ1n) is 5.91. The van der Waals surface area contributed by atoms with Gasteiger partial charge in [0.25, 0.3) is 10.0 Å². The number of thiophene rings is 1. The molecular weight excluding hydrogens is 334 g/mol. The van der Waals surface area contributed by atoms with Crippen LogP contribution in [0, 0.1) is 0 Å². The Labute approximate surface area is 131 Å². The molecule has 0 spiro atoms. The third kappa shape index (κ3) is 3.62. The zero-order chi connectivity index (χ0) is 15.6. The molecule has 0 aliphatic heterocycles. The van der Waals surface area contributed by atoms with E-state index in [2.05, 4.69) is 4.72 Å². The average Bonchev–Trinajstić information content (AvgIpc) is 2.89. The fourth-order valence-corrected chi connectivity index (χ4v) is 4.44. The molecule has 0 saturated heterocycles. The molecule has 1 aromatic heterocycles. The molecule has 0 bridgehead atoms. The summed E-state index contributed by atoms with van der Waals surface area (Å²) in [5.74, 6) is -1.15. The van der Waals surface area contributed by atoms with Crippen LogP contribution < -0.4 is 4.72 Å². The molecule has 0 aliphatic rings. The van der Waals surface area contributed by atoms with E-state index in [1.807, 2.05) is 0 Å². The van der Waals surface area contributed by atoms with Gasteiger partial charge in [-0.2, -0.15) is 0 Å². The zero-order valence-corrected chi connectivity index (χ0v) is 13.3. The van der Waals surface area contributed by atoms with Crippen molar-refractivity contribution in [3.63, 3.8) is 0 Å². The Hall–Kier alpha value is -1.41. The molecule has 0 radical (unpaired) electrons. The molecule has 2 rings (SSSR count). The number of carboxylic acid groups (broad SMARTS) is 1. The number of sulfonamides is 1. The number of halogens is 1. The molecule has 0 amide bonds.